The molecule has 5 heteroatoms. The SMILES string of the molecule is CCc1ccccc1C(C(=O)NC1Cc2ccccc2C1SC)N(C=O)CC1CC1. The van der Waals surface area contributed by atoms with Crippen molar-refractivity contribution in [3.8, 4) is 0 Å². The van der Waals surface area contributed by atoms with Gasteiger partial charge in [0.1, 0.15) is 6.04 Å². The standard InChI is InChI=1S/C25H30N2O2S/c1-3-18-8-4-6-10-20(18)23(27(16-28)15-17-12-13-17)25(29)26-22-14-19-9-5-7-11-21(19)24(22)30-2/h4-11,16-17,22-24H,3,12-15H2,1-2H3,(H,26,29). The predicted octanol–water partition coefficient (Wildman–Crippen LogP) is 4.30. The number of rotatable bonds is 9. The molecule has 0 aromatic heterocycles. The number of hydrogen-bond donors (Lipinski definition) is 1. The minimum Gasteiger partial charge on any atom is -0.349 e. The topological polar surface area (TPSA) is 49.4 Å². The van der Waals surface area contributed by atoms with E-state index in [1.165, 1.54) is 11.1 Å². The van der Waals surface area contributed by atoms with E-state index in [2.05, 4.69) is 48.8 Å². The van der Waals surface area contributed by atoms with Gasteiger partial charge in [-0.2, -0.15) is 11.8 Å². The van der Waals surface area contributed by atoms with Gasteiger partial charge in [0.15, 0.2) is 0 Å². The molecule has 4 nitrogen and oxygen atoms in total. The van der Waals surface area contributed by atoms with Crippen molar-refractivity contribution in [1.29, 1.82) is 0 Å². The van der Waals surface area contributed by atoms with Gasteiger partial charge < -0.3 is 10.2 Å². The normalized spacial score (nSPS) is 21.0. The van der Waals surface area contributed by atoms with Crippen LogP contribution in [-0.4, -0.2) is 36.1 Å². The lowest BCUT2D eigenvalue weighted by molar-refractivity contribution is -0.134. The Balaban J connectivity index is 1.62. The van der Waals surface area contributed by atoms with E-state index in [9.17, 15) is 9.59 Å². The molecule has 2 aromatic carbocycles. The Morgan fingerprint density at radius 2 is 1.93 bits per heavy atom. The fourth-order valence-electron chi connectivity index (χ4n) is 4.64. The van der Waals surface area contributed by atoms with Crippen LogP contribution in [0.4, 0.5) is 0 Å². The average Bonchev–Trinajstić information content (AvgIpc) is 3.52. The number of carbonyl (C=O) groups excluding carboxylic acids is 2. The first kappa shape index (κ1) is 21.0. The molecule has 3 atom stereocenters. The third-order valence-corrected chi connectivity index (χ3v) is 7.45. The van der Waals surface area contributed by atoms with Crippen LogP contribution in [0.25, 0.3) is 0 Å². The minimum absolute atomic E-state index is 0.0376. The third-order valence-electron chi connectivity index (χ3n) is 6.36. The van der Waals surface area contributed by atoms with Crippen LogP contribution >= 0.6 is 11.8 Å². The van der Waals surface area contributed by atoms with E-state index in [4.69, 9.17) is 0 Å². The summed E-state index contributed by atoms with van der Waals surface area (Å²) < 4.78 is 0. The van der Waals surface area contributed by atoms with E-state index in [1.54, 1.807) is 16.7 Å². The zero-order valence-corrected chi connectivity index (χ0v) is 18.5. The van der Waals surface area contributed by atoms with Gasteiger partial charge >= 0.3 is 0 Å². The Morgan fingerprint density at radius 1 is 1.20 bits per heavy atom. The Hall–Kier alpha value is -2.27. The first-order valence-corrected chi connectivity index (χ1v) is 12.1. The molecule has 0 heterocycles. The lowest BCUT2D eigenvalue weighted by Crippen LogP contribution is -2.46. The highest BCUT2D eigenvalue weighted by Gasteiger charge is 2.37. The van der Waals surface area contributed by atoms with Crippen molar-refractivity contribution in [2.45, 2.75) is 49.9 Å². The highest BCUT2D eigenvalue weighted by molar-refractivity contribution is 7.98. The number of amides is 2. The van der Waals surface area contributed by atoms with Gasteiger partial charge in [0, 0.05) is 12.6 Å². The zero-order valence-electron chi connectivity index (χ0n) is 17.7. The third kappa shape index (κ3) is 4.27. The molecule has 1 N–H and O–H groups in total. The second-order valence-electron chi connectivity index (χ2n) is 8.37. The van der Waals surface area contributed by atoms with E-state index in [1.807, 2.05) is 18.2 Å². The number of nitrogens with one attached hydrogen (secondary N) is 1. The van der Waals surface area contributed by atoms with Crippen LogP contribution in [-0.2, 0) is 22.4 Å². The quantitative estimate of drug-likeness (QED) is 0.613. The van der Waals surface area contributed by atoms with E-state index < -0.39 is 6.04 Å². The van der Waals surface area contributed by atoms with Crippen LogP contribution in [0.2, 0.25) is 0 Å². The van der Waals surface area contributed by atoms with Crippen LogP contribution in [0.1, 0.15) is 53.3 Å². The van der Waals surface area contributed by atoms with Crippen molar-refractivity contribution in [1.82, 2.24) is 10.2 Å². The number of hydrogen-bond acceptors (Lipinski definition) is 3. The lowest BCUT2D eigenvalue weighted by atomic mass is 9.96. The molecule has 30 heavy (non-hydrogen) atoms. The van der Waals surface area contributed by atoms with Crippen molar-refractivity contribution in [2.75, 3.05) is 12.8 Å². The van der Waals surface area contributed by atoms with Crippen LogP contribution in [0.3, 0.4) is 0 Å². The minimum atomic E-state index is -0.578. The van der Waals surface area contributed by atoms with Crippen LogP contribution in [0.15, 0.2) is 48.5 Å². The first-order chi connectivity index (χ1) is 14.7. The van der Waals surface area contributed by atoms with Crippen molar-refractivity contribution in [3.05, 3.63) is 70.8 Å². The molecule has 1 fully saturated rings. The highest BCUT2D eigenvalue weighted by Crippen LogP contribution is 2.40. The fourth-order valence-corrected chi connectivity index (χ4v) is 5.62. The molecule has 2 aliphatic carbocycles. The van der Waals surface area contributed by atoms with Gasteiger partial charge in [0.25, 0.3) is 0 Å². The molecule has 0 saturated heterocycles. The van der Waals surface area contributed by atoms with Crippen molar-refractivity contribution < 1.29 is 9.59 Å². The van der Waals surface area contributed by atoms with Gasteiger partial charge in [-0.15, -0.1) is 0 Å². The maximum Gasteiger partial charge on any atom is 0.247 e. The smallest absolute Gasteiger partial charge is 0.247 e. The average molecular weight is 423 g/mol. The molecule has 2 aromatic rings. The highest BCUT2D eigenvalue weighted by atomic mass is 32.2. The zero-order chi connectivity index (χ0) is 21.1. The number of carbonyl (C=O) groups is 2. The molecule has 4 rings (SSSR count). The number of aryl methyl sites for hydroxylation is 1. The summed E-state index contributed by atoms with van der Waals surface area (Å²) in [7, 11) is 0. The summed E-state index contributed by atoms with van der Waals surface area (Å²) in [6.45, 7) is 2.74. The Bertz CT molecular complexity index is 912. The van der Waals surface area contributed by atoms with Crippen molar-refractivity contribution >= 4 is 24.1 Å². The van der Waals surface area contributed by atoms with E-state index in [0.29, 0.717) is 12.5 Å². The largest absolute Gasteiger partial charge is 0.349 e. The van der Waals surface area contributed by atoms with Gasteiger partial charge in [-0.25, -0.2) is 0 Å². The second kappa shape index (κ2) is 9.25. The van der Waals surface area contributed by atoms with Crippen LogP contribution < -0.4 is 5.32 Å². The molecule has 0 radical (unpaired) electrons. The van der Waals surface area contributed by atoms with Crippen LogP contribution in [0, 0.1) is 5.92 Å². The summed E-state index contributed by atoms with van der Waals surface area (Å²) in [6, 6.07) is 15.9. The summed E-state index contributed by atoms with van der Waals surface area (Å²) in [5.74, 6) is 0.453. The fraction of sp³-hybridized carbons (Fsp3) is 0.440. The maximum atomic E-state index is 13.7. The molecule has 158 valence electrons. The molecule has 0 spiro atoms. The summed E-state index contributed by atoms with van der Waals surface area (Å²) in [5.41, 5.74) is 4.68. The Kier molecular flexibility index (Phi) is 6.47. The van der Waals surface area contributed by atoms with Gasteiger partial charge in [-0.1, -0.05) is 55.5 Å². The Morgan fingerprint density at radius 3 is 2.63 bits per heavy atom. The van der Waals surface area contributed by atoms with E-state index >= 15 is 0 Å². The number of fused-ring (bicyclic) bond motifs is 1. The number of nitrogens with zero attached hydrogens (tertiary/aromatic N) is 1. The molecule has 2 amide bonds. The van der Waals surface area contributed by atoms with Gasteiger partial charge in [0.2, 0.25) is 12.3 Å². The van der Waals surface area contributed by atoms with Crippen LogP contribution in [0.5, 0.6) is 0 Å². The molecule has 0 bridgehead atoms. The van der Waals surface area contributed by atoms with Gasteiger partial charge in [0.05, 0.1) is 5.25 Å². The van der Waals surface area contributed by atoms with Crippen molar-refractivity contribution in [2.24, 2.45) is 5.92 Å². The van der Waals surface area contributed by atoms with E-state index in [0.717, 1.165) is 43.2 Å². The monoisotopic (exact) mass is 422 g/mol. The molecule has 3 unspecified atom stereocenters. The van der Waals surface area contributed by atoms with E-state index in [-0.39, 0.29) is 17.2 Å². The summed E-state index contributed by atoms with van der Waals surface area (Å²) in [6.07, 6.45) is 6.91. The Labute approximate surface area is 183 Å². The summed E-state index contributed by atoms with van der Waals surface area (Å²) in [4.78, 5) is 27.4. The number of benzene rings is 2. The molecular formula is C25H30N2O2S. The lowest BCUT2D eigenvalue weighted by Gasteiger charge is -2.31. The molecular weight excluding hydrogens is 392 g/mol. The maximum absolute atomic E-state index is 13.7. The number of thioether (sulfide) groups is 1. The summed E-state index contributed by atoms with van der Waals surface area (Å²) >= 11 is 1.78. The van der Waals surface area contributed by atoms with Crippen molar-refractivity contribution in [3.63, 3.8) is 0 Å². The molecule has 0 aliphatic heterocycles. The predicted molar refractivity (Wildman–Crippen MR) is 122 cm³/mol. The first-order valence-electron chi connectivity index (χ1n) is 10.9. The molecule has 1 saturated carbocycles. The molecule has 2 aliphatic rings. The van der Waals surface area contributed by atoms with Gasteiger partial charge in [-0.05, 0) is 60.1 Å². The summed E-state index contributed by atoms with van der Waals surface area (Å²) in [5, 5.41) is 3.56. The van der Waals surface area contributed by atoms with Gasteiger partial charge in [-0.3, -0.25) is 9.59 Å². The second-order valence-corrected chi connectivity index (χ2v) is 9.35.